The summed E-state index contributed by atoms with van der Waals surface area (Å²) < 4.78 is 5.38. The van der Waals surface area contributed by atoms with E-state index in [9.17, 15) is 10.2 Å². The van der Waals surface area contributed by atoms with Crippen LogP contribution in [0.15, 0.2) is 18.2 Å². The highest BCUT2D eigenvalue weighted by Crippen LogP contribution is 2.24. The predicted molar refractivity (Wildman–Crippen MR) is 77.9 cm³/mol. The fraction of sp³-hybridized carbons (Fsp3) is 0.600. The first-order valence-electron chi connectivity index (χ1n) is 7.03. The van der Waals surface area contributed by atoms with Crippen LogP contribution in [0.4, 0.5) is 0 Å². The molecule has 1 aliphatic heterocycles. The van der Waals surface area contributed by atoms with Gasteiger partial charge in [0.15, 0.2) is 11.5 Å². The Morgan fingerprint density at radius 1 is 1.20 bits per heavy atom. The van der Waals surface area contributed by atoms with Crippen LogP contribution in [-0.2, 0) is 11.3 Å². The Bertz CT molecular complexity index is 443. The average molecular weight is 280 g/mol. The molecule has 1 heterocycles. The van der Waals surface area contributed by atoms with E-state index >= 15 is 0 Å². The number of phenolic OH excluding ortho intramolecular Hbond substituents is 2. The van der Waals surface area contributed by atoms with Crippen molar-refractivity contribution >= 4 is 0 Å². The minimum Gasteiger partial charge on any atom is -0.504 e. The van der Waals surface area contributed by atoms with Gasteiger partial charge in [-0.25, -0.2) is 0 Å². The van der Waals surface area contributed by atoms with Crippen LogP contribution >= 0.6 is 0 Å². The van der Waals surface area contributed by atoms with E-state index in [2.05, 4.69) is 24.1 Å². The summed E-state index contributed by atoms with van der Waals surface area (Å²) in [5, 5.41) is 22.2. The average Bonchev–Trinajstić information content (AvgIpc) is 2.44. The number of ether oxygens (including phenoxy) is 1. The van der Waals surface area contributed by atoms with Gasteiger partial charge in [0, 0.05) is 31.7 Å². The monoisotopic (exact) mass is 280 g/mol. The molecule has 0 amide bonds. The molecule has 1 aliphatic rings. The molecular formula is C15H24N2O3. The van der Waals surface area contributed by atoms with E-state index in [1.165, 1.54) is 6.07 Å². The Labute approximate surface area is 120 Å². The van der Waals surface area contributed by atoms with Crippen molar-refractivity contribution in [2.24, 2.45) is 0 Å². The lowest BCUT2D eigenvalue weighted by atomic mass is 10.0. The second kappa shape index (κ2) is 6.43. The maximum Gasteiger partial charge on any atom is 0.157 e. The minimum atomic E-state index is -0.0811. The van der Waals surface area contributed by atoms with Crippen molar-refractivity contribution in [3.8, 4) is 11.5 Å². The first kappa shape index (κ1) is 15.1. The molecular weight excluding hydrogens is 256 g/mol. The van der Waals surface area contributed by atoms with Crippen LogP contribution in [0.5, 0.6) is 11.5 Å². The van der Waals surface area contributed by atoms with Gasteiger partial charge in [-0.05, 0) is 31.5 Å². The maximum atomic E-state index is 9.46. The van der Waals surface area contributed by atoms with Crippen LogP contribution in [0.25, 0.3) is 0 Å². The molecule has 20 heavy (non-hydrogen) atoms. The predicted octanol–water partition coefficient (Wildman–Crippen LogP) is 1.30. The van der Waals surface area contributed by atoms with Gasteiger partial charge in [-0.3, -0.25) is 4.90 Å². The standard InChI is InChI=1S/C15H24N2O3/c1-15(2,17-5-7-20-8-6-17)11-16-10-12-3-4-13(18)14(19)9-12/h3-4,9,16,18-19H,5-8,10-11H2,1-2H3. The molecule has 0 aliphatic carbocycles. The lowest BCUT2D eigenvalue weighted by molar-refractivity contribution is -0.00967. The van der Waals surface area contributed by atoms with Gasteiger partial charge in [0.25, 0.3) is 0 Å². The van der Waals surface area contributed by atoms with Crippen molar-refractivity contribution in [3.63, 3.8) is 0 Å². The fourth-order valence-corrected chi connectivity index (χ4v) is 2.47. The van der Waals surface area contributed by atoms with Crippen LogP contribution in [-0.4, -0.2) is 53.5 Å². The normalized spacial score (nSPS) is 17.3. The van der Waals surface area contributed by atoms with E-state index in [0.717, 1.165) is 38.4 Å². The number of morpholine rings is 1. The van der Waals surface area contributed by atoms with Crippen LogP contribution in [0.3, 0.4) is 0 Å². The van der Waals surface area contributed by atoms with E-state index < -0.39 is 0 Å². The summed E-state index contributed by atoms with van der Waals surface area (Å²) in [4.78, 5) is 2.43. The van der Waals surface area contributed by atoms with Gasteiger partial charge in [0.2, 0.25) is 0 Å². The largest absolute Gasteiger partial charge is 0.504 e. The topological polar surface area (TPSA) is 65.0 Å². The molecule has 1 saturated heterocycles. The smallest absolute Gasteiger partial charge is 0.157 e. The van der Waals surface area contributed by atoms with E-state index in [-0.39, 0.29) is 17.0 Å². The third kappa shape index (κ3) is 3.85. The van der Waals surface area contributed by atoms with Crippen LogP contribution in [0.1, 0.15) is 19.4 Å². The zero-order chi connectivity index (χ0) is 14.6. The highest BCUT2D eigenvalue weighted by atomic mass is 16.5. The molecule has 0 atom stereocenters. The van der Waals surface area contributed by atoms with Crippen molar-refractivity contribution in [3.05, 3.63) is 23.8 Å². The number of hydrogen-bond acceptors (Lipinski definition) is 5. The Balaban J connectivity index is 1.83. The third-order valence-corrected chi connectivity index (χ3v) is 3.79. The summed E-state index contributed by atoms with van der Waals surface area (Å²) in [6, 6.07) is 4.91. The van der Waals surface area contributed by atoms with Crippen LogP contribution in [0.2, 0.25) is 0 Å². The fourth-order valence-electron chi connectivity index (χ4n) is 2.47. The molecule has 1 aromatic rings. The highest BCUT2D eigenvalue weighted by Gasteiger charge is 2.27. The molecule has 3 N–H and O–H groups in total. The lowest BCUT2D eigenvalue weighted by Gasteiger charge is -2.41. The Kier molecular flexibility index (Phi) is 4.86. The molecule has 0 radical (unpaired) electrons. The number of phenols is 2. The number of benzene rings is 1. The second-order valence-electron chi connectivity index (χ2n) is 5.84. The Morgan fingerprint density at radius 2 is 1.90 bits per heavy atom. The van der Waals surface area contributed by atoms with Crippen molar-refractivity contribution in [1.82, 2.24) is 10.2 Å². The van der Waals surface area contributed by atoms with Gasteiger partial charge in [-0.15, -0.1) is 0 Å². The van der Waals surface area contributed by atoms with Gasteiger partial charge in [0.1, 0.15) is 0 Å². The first-order valence-corrected chi connectivity index (χ1v) is 7.03. The molecule has 0 saturated carbocycles. The van der Waals surface area contributed by atoms with E-state index in [4.69, 9.17) is 4.74 Å². The second-order valence-corrected chi connectivity index (χ2v) is 5.84. The van der Waals surface area contributed by atoms with Crippen LogP contribution < -0.4 is 5.32 Å². The van der Waals surface area contributed by atoms with Gasteiger partial charge in [-0.1, -0.05) is 6.07 Å². The zero-order valence-corrected chi connectivity index (χ0v) is 12.2. The van der Waals surface area contributed by atoms with Crippen LogP contribution in [0, 0.1) is 0 Å². The van der Waals surface area contributed by atoms with E-state index in [0.29, 0.717) is 6.54 Å². The maximum absolute atomic E-state index is 9.46. The van der Waals surface area contributed by atoms with E-state index in [1.54, 1.807) is 6.07 Å². The summed E-state index contributed by atoms with van der Waals surface area (Å²) in [7, 11) is 0. The van der Waals surface area contributed by atoms with Crippen molar-refractivity contribution < 1.29 is 14.9 Å². The zero-order valence-electron chi connectivity index (χ0n) is 12.2. The molecule has 112 valence electrons. The van der Waals surface area contributed by atoms with Crippen molar-refractivity contribution in [2.45, 2.75) is 25.9 Å². The molecule has 1 aromatic carbocycles. The van der Waals surface area contributed by atoms with Crippen molar-refractivity contribution in [1.29, 1.82) is 0 Å². The number of aromatic hydroxyl groups is 2. The number of rotatable bonds is 5. The molecule has 1 fully saturated rings. The summed E-state index contributed by atoms with van der Waals surface area (Å²) in [6.45, 7) is 9.50. The Hall–Kier alpha value is -1.30. The SMILES string of the molecule is CC(C)(CNCc1ccc(O)c(O)c1)N1CCOCC1. The summed E-state index contributed by atoms with van der Waals surface area (Å²) in [5.74, 6) is -0.154. The molecule has 0 bridgehead atoms. The Morgan fingerprint density at radius 3 is 2.55 bits per heavy atom. The van der Waals surface area contributed by atoms with Crippen molar-refractivity contribution in [2.75, 3.05) is 32.8 Å². The minimum absolute atomic E-state index is 0.0722. The highest BCUT2D eigenvalue weighted by molar-refractivity contribution is 5.40. The first-order chi connectivity index (χ1) is 9.49. The number of nitrogens with one attached hydrogen (secondary N) is 1. The van der Waals surface area contributed by atoms with E-state index in [1.807, 2.05) is 6.07 Å². The molecule has 5 heteroatoms. The summed E-state index contributed by atoms with van der Waals surface area (Å²) >= 11 is 0. The molecule has 0 aromatic heterocycles. The van der Waals surface area contributed by atoms with Gasteiger partial charge < -0.3 is 20.3 Å². The summed E-state index contributed by atoms with van der Waals surface area (Å²) in [5.41, 5.74) is 1.03. The van der Waals surface area contributed by atoms with Gasteiger partial charge in [0.05, 0.1) is 13.2 Å². The third-order valence-electron chi connectivity index (χ3n) is 3.79. The molecule has 0 spiro atoms. The lowest BCUT2D eigenvalue weighted by Crippen LogP contribution is -2.54. The summed E-state index contributed by atoms with van der Waals surface area (Å²) in [6.07, 6.45) is 0. The van der Waals surface area contributed by atoms with Gasteiger partial charge in [-0.2, -0.15) is 0 Å². The van der Waals surface area contributed by atoms with Gasteiger partial charge >= 0.3 is 0 Å². The number of hydrogen-bond donors (Lipinski definition) is 3. The number of nitrogens with zero attached hydrogens (tertiary/aromatic N) is 1. The molecule has 5 nitrogen and oxygen atoms in total. The molecule has 0 unspecified atom stereocenters. The molecule has 2 rings (SSSR count). The quantitative estimate of drug-likeness (QED) is 0.710.